The number of aryl methyl sites for hydroxylation is 1. The van der Waals surface area contributed by atoms with Crippen LogP contribution in [0, 0.1) is 13.8 Å². The first kappa shape index (κ1) is 22.8. The van der Waals surface area contributed by atoms with E-state index in [9.17, 15) is 9.90 Å². The molecule has 0 spiro atoms. The molecule has 0 fully saturated rings. The maximum atomic E-state index is 12.2. The van der Waals surface area contributed by atoms with Crippen molar-refractivity contribution in [2.24, 2.45) is 4.99 Å². The summed E-state index contributed by atoms with van der Waals surface area (Å²) in [6.07, 6.45) is 0.254. The molecule has 0 aliphatic carbocycles. The summed E-state index contributed by atoms with van der Waals surface area (Å²) in [6.45, 7) is 8.44. The fraction of sp³-hybridized carbons (Fsp3) is 0.429. The monoisotopic (exact) mass is 420 g/mol. The number of hydrogen-bond donors (Lipinski definition) is 4. The minimum atomic E-state index is -1.22. The van der Waals surface area contributed by atoms with Crippen LogP contribution < -0.4 is 16.0 Å². The van der Waals surface area contributed by atoms with Gasteiger partial charge in [0.1, 0.15) is 17.1 Å². The molecule has 7 nitrogen and oxygen atoms in total. The number of amides is 1. The van der Waals surface area contributed by atoms with Crippen LogP contribution >= 0.6 is 11.6 Å². The van der Waals surface area contributed by atoms with E-state index < -0.39 is 5.60 Å². The lowest BCUT2D eigenvalue weighted by atomic mass is 10.0. The van der Waals surface area contributed by atoms with E-state index in [-0.39, 0.29) is 18.9 Å². The molecule has 1 amide bonds. The van der Waals surface area contributed by atoms with E-state index in [4.69, 9.17) is 16.0 Å². The summed E-state index contributed by atoms with van der Waals surface area (Å²) < 4.78 is 5.51. The highest BCUT2D eigenvalue weighted by molar-refractivity contribution is 6.31. The Labute approximate surface area is 176 Å². The Morgan fingerprint density at radius 2 is 2.00 bits per heavy atom. The predicted molar refractivity (Wildman–Crippen MR) is 116 cm³/mol. The van der Waals surface area contributed by atoms with Crippen LogP contribution in [0.1, 0.15) is 37.4 Å². The molecule has 1 atom stereocenters. The maximum Gasteiger partial charge on any atom is 0.226 e. The number of halogens is 1. The van der Waals surface area contributed by atoms with Crippen molar-refractivity contribution >= 4 is 29.2 Å². The van der Waals surface area contributed by atoms with E-state index in [1.807, 2.05) is 26.8 Å². The first-order valence-corrected chi connectivity index (χ1v) is 9.97. The van der Waals surface area contributed by atoms with E-state index in [0.29, 0.717) is 35.5 Å². The minimum Gasteiger partial charge on any atom is -0.463 e. The highest BCUT2D eigenvalue weighted by Gasteiger charge is 2.26. The van der Waals surface area contributed by atoms with Gasteiger partial charge in [-0.2, -0.15) is 0 Å². The molecule has 1 aromatic heterocycles. The van der Waals surface area contributed by atoms with Gasteiger partial charge in [0.2, 0.25) is 5.91 Å². The summed E-state index contributed by atoms with van der Waals surface area (Å²) in [4.78, 5) is 16.6. The van der Waals surface area contributed by atoms with Crippen LogP contribution in [0.25, 0.3) is 0 Å². The fourth-order valence-corrected chi connectivity index (χ4v) is 2.80. The Morgan fingerprint density at radius 1 is 1.24 bits per heavy atom. The van der Waals surface area contributed by atoms with Crippen molar-refractivity contribution in [3.05, 3.63) is 52.4 Å². The number of carbonyl (C=O) groups is 1. The quantitative estimate of drug-likeness (QED) is 0.387. The summed E-state index contributed by atoms with van der Waals surface area (Å²) in [5.74, 6) is 1.58. The van der Waals surface area contributed by atoms with Gasteiger partial charge in [-0.05, 0) is 57.5 Å². The normalized spacial score (nSPS) is 13.7. The summed E-state index contributed by atoms with van der Waals surface area (Å²) in [6, 6.07) is 8.94. The van der Waals surface area contributed by atoms with Crippen LogP contribution in [0.2, 0.25) is 5.02 Å². The van der Waals surface area contributed by atoms with Crippen LogP contribution in [-0.2, 0) is 10.4 Å². The maximum absolute atomic E-state index is 12.2. The van der Waals surface area contributed by atoms with Crippen molar-refractivity contribution < 1.29 is 14.3 Å². The number of guanidine groups is 1. The molecule has 8 heteroatoms. The Balaban J connectivity index is 1.89. The Bertz CT molecular complexity index is 861. The van der Waals surface area contributed by atoms with Crippen molar-refractivity contribution in [2.75, 3.05) is 25.0 Å². The summed E-state index contributed by atoms with van der Waals surface area (Å²) in [7, 11) is 0. The van der Waals surface area contributed by atoms with Gasteiger partial charge in [-0.15, -0.1) is 0 Å². The first-order chi connectivity index (χ1) is 13.7. The largest absolute Gasteiger partial charge is 0.463 e. The molecule has 4 N–H and O–H groups in total. The number of hydrogen-bond acceptors (Lipinski definition) is 4. The number of nitrogens with zero attached hydrogens (tertiary/aromatic N) is 1. The molecule has 0 aliphatic rings. The van der Waals surface area contributed by atoms with Gasteiger partial charge in [0, 0.05) is 30.2 Å². The SMILES string of the molecule is CCNC(=NCC(C)(O)c1ccc(C)o1)NCCC(=O)Nc1cccc(Cl)c1C. The molecule has 1 unspecified atom stereocenters. The predicted octanol–water partition coefficient (Wildman–Crippen LogP) is 3.34. The topological polar surface area (TPSA) is 98.9 Å². The van der Waals surface area contributed by atoms with Crippen molar-refractivity contribution in [2.45, 2.75) is 39.7 Å². The van der Waals surface area contributed by atoms with Gasteiger partial charge in [0.15, 0.2) is 5.96 Å². The van der Waals surface area contributed by atoms with Gasteiger partial charge in [-0.1, -0.05) is 17.7 Å². The molecule has 158 valence electrons. The van der Waals surface area contributed by atoms with Crippen LogP contribution in [0.5, 0.6) is 0 Å². The van der Waals surface area contributed by atoms with Gasteiger partial charge < -0.3 is 25.5 Å². The molecule has 0 saturated heterocycles. The van der Waals surface area contributed by atoms with E-state index >= 15 is 0 Å². The van der Waals surface area contributed by atoms with Crippen LogP contribution in [0.15, 0.2) is 39.7 Å². The molecule has 0 aliphatic heterocycles. The molecule has 2 rings (SSSR count). The third kappa shape index (κ3) is 6.80. The second kappa shape index (κ2) is 10.3. The van der Waals surface area contributed by atoms with Crippen molar-refractivity contribution in [1.29, 1.82) is 0 Å². The molecule has 0 bridgehead atoms. The highest BCUT2D eigenvalue weighted by Crippen LogP contribution is 2.23. The first-order valence-electron chi connectivity index (χ1n) is 9.59. The second-order valence-corrected chi connectivity index (χ2v) is 7.42. The Hall–Kier alpha value is -2.51. The van der Waals surface area contributed by atoms with Crippen LogP contribution in [0.3, 0.4) is 0 Å². The van der Waals surface area contributed by atoms with E-state index in [0.717, 1.165) is 11.3 Å². The van der Waals surface area contributed by atoms with E-state index in [1.54, 1.807) is 31.2 Å². The molecule has 1 aromatic carbocycles. The van der Waals surface area contributed by atoms with E-state index in [1.165, 1.54) is 0 Å². The summed E-state index contributed by atoms with van der Waals surface area (Å²) in [5.41, 5.74) is 0.312. The number of aliphatic hydroxyl groups is 1. The van der Waals surface area contributed by atoms with Crippen LogP contribution in [0.4, 0.5) is 5.69 Å². The number of furan rings is 1. The van der Waals surface area contributed by atoms with Crippen molar-refractivity contribution in [1.82, 2.24) is 10.6 Å². The summed E-state index contributed by atoms with van der Waals surface area (Å²) in [5, 5.41) is 20.3. The van der Waals surface area contributed by atoms with Gasteiger partial charge in [-0.25, -0.2) is 4.99 Å². The standard InChI is InChI=1S/C21H29ClN4O3/c1-5-23-20(25-13-21(4,28)18-10-9-14(2)29-18)24-12-11-19(27)26-17-8-6-7-16(22)15(17)3/h6-10,28H,5,11-13H2,1-4H3,(H,26,27)(H2,23,24,25). The number of rotatable bonds is 8. The van der Waals surface area contributed by atoms with Gasteiger partial charge in [0.25, 0.3) is 0 Å². The van der Waals surface area contributed by atoms with Gasteiger partial charge in [0.05, 0.1) is 6.54 Å². The highest BCUT2D eigenvalue weighted by atomic mass is 35.5. The lowest BCUT2D eigenvalue weighted by molar-refractivity contribution is -0.116. The molecule has 2 aromatic rings. The number of carbonyl (C=O) groups excluding carboxylic acids is 1. The Morgan fingerprint density at radius 3 is 2.66 bits per heavy atom. The van der Waals surface area contributed by atoms with Crippen LogP contribution in [-0.4, -0.2) is 36.6 Å². The number of anilines is 1. The second-order valence-electron chi connectivity index (χ2n) is 7.02. The number of aliphatic imine (C=N–C) groups is 1. The molecule has 1 heterocycles. The number of benzene rings is 1. The number of nitrogens with one attached hydrogen (secondary N) is 3. The third-order valence-corrected chi connectivity index (χ3v) is 4.76. The zero-order valence-corrected chi connectivity index (χ0v) is 18.1. The van der Waals surface area contributed by atoms with Crippen molar-refractivity contribution in [3.63, 3.8) is 0 Å². The molecular formula is C21H29ClN4O3. The molecular weight excluding hydrogens is 392 g/mol. The average molecular weight is 421 g/mol. The molecule has 0 radical (unpaired) electrons. The fourth-order valence-electron chi connectivity index (χ4n) is 2.63. The summed E-state index contributed by atoms with van der Waals surface area (Å²) >= 11 is 6.08. The van der Waals surface area contributed by atoms with Gasteiger partial charge >= 0.3 is 0 Å². The smallest absolute Gasteiger partial charge is 0.226 e. The lowest BCUT2D eigenvalue weighted by Gasteiger charge is -2.19. The zero-order chi connectivity index (χ0) is 21.4. The van der Waals surface area contributed by atoms with E-state index in [2.05, 4.69) is 20.9 Å². The Kier molecular flexibility index (Phi) is 8.10. The lowest BCUT2D eigenvalue weighted by Crippen LogP contribution is -2.40. The molecule has 0 saturated carbocycles. The zero-order valence-electron chi connectivity index (χ0n) is 17.3. The average Bonchev–Trinajstić information content (AvgIpc) is 3.11. The van der Waals surface area contributed by atoms with Gasteiger partial charge in [-0.3, -0.25) is 4.79 Å². The third-order valence-electron chi connectivity index (χ3n) is 4.35. The van der Waals surface area contributed by atoms with Crippen molar-refractivity contribution in [3.8, 4) is 0 Å². The minimum absolute atomic E-state index is 0.114. The molecule has 29 heavy (non-hydrogen) atoms.